The molecule has 2 aromatic rings. The standard InChI is InChI=1S/C29H37N3O5/c1-2-37-27(33)25(17-14-21-8-4-3-5-9-21)29(30)19-18-23-10-6-7-11-26(23)31(28(29)34)20-22-12-15-24(16-13-22)32(35)36/h6-7,10-13,15-16,21,25H,2-5,8-9,14,17-20,30H2,1H3/t25-,29-/m1/s1. The van der Waals surface area contributed by atoms with Crippen LogP contribution in [0.15, 0.2) is 48.5 Å². The summed E-state index contributed by atoms with van der Waals surface area (Å²) in [6.07, 6.45) is 8.25. The number of fused-ring (bicyclic) bond motifs is 1. The minimum atomic E-state index is -1.42. The third-order valence-corrected chi connectivity index (χ3v) is 8.00. The number of nitro groups is 1. The van der Waals surface area contributed by atoms with E-state index in [9.17, 15) is 19.7 Å². The maximum atomic E-state index is 14.3. The molecule has 0 unspecified atom stereocenters. The Morgan fingerprint density at radius 2 is 1.86 bits per heavy atom. The Bertz CT molecular complexity index is 1110. The van der Waals surface area contributed by atoms with Crippen molar-refractivity contribution in [2.24, 2.45) is 17.6 Å². The van der Waals surface area contributed by atoms with Gasteiger partial charge < -0.3 is 15.4 Å². The first-order valence-corrected chi connectivity index (χ1v) is 13.4. The number of hydrogen-bond acceptors (Lipinski definition) is 6. The van der Waals surface area contributed by atoms with Crippen LogP contribution in [-0.4, -0.2) is 28.9 Å². The van der Waals surface area contributed by atoms with E-state index in [1.807, 2.05) is 24.3 Å². The molecule has 0 aromatic heterocycles. The van der Waals surface area contributed by atoms with Gasteiger partial charge in [0.25, 0.3) is 5.69 Å². The first-order valence-electron chi connectivity index (χ1n) is 13.4. The van der Waals surface area contributed by atoms with Gasteiger partial charge in [-0.1, -0.05) is 62.4 Å². The third-order valence-electron chi connectivity index (χ3n) is 8.00. The zero-order valence-electron chi connectivity index (χ0n) is 21.6. The topological polar surface area (TPSA) is 116 Å². The molecule has 8 heteroatoms. The quantitative estimate of drug-likeness (QED) is 0.279. The Hall–Kier alpha value is -3.26. The van der Waals surface area contributed by atoms with Crippen molar-refractivity contribution in [2.75, 3.05) is 11.5 Å². The maximum absolute atomic E-state index is 14.3. The largest absolute Gasteiger partial charge is 0.466 e. The van der Waals surface area contributed by atoms with Crippen molar-refractivity contribution in [3.63, 3.8) is 0 Å². The van der Waals surface area contributed by atoms with E-state index in [0.29, 0.717) is 25.2 Å². The van der Waals surface area contributed by atoms with Crippen molar-refractivity contribution in [1.82, 2.24) is 0 Å². The number of hydrogen-bond donors (Lipinski definition) is 1. The van der Waals surface area contributed by atoms with Crippen molar-refractivity contribution in [3.8, 4) is 0 Å². The first-order chi connectivity index (χ1) is 17.8. The number of para-hydroxylation sites is 1. The minimum Gasteiger partial charge on any atom is -0.466 e. The van der Waals surface area contributed by atoms with Crippen LogP contribution in [0.3, 0.4) is 0 Å². The molecule has 2 N–H and O–H groups in total. The first kappa shape index (κ1) is 26.8. The fourth-order valence-electron chi connectivity index (χ4n) is 5.89. The molecule has 198 valence electrons. The van der Waals surface area contributed by atoms with Gasteiger partial charge in [-0.05, 0) is 55.7 Å². The van der Waals surface area contributed by atoms with Crippen LogP contribution in [0.4, 0.5) is 11.4 Å². The Labute approximate surface area is 218 Å². The number of carbonyl (C=O) groups excluding carboxylic acids is 2. The second-order valence-corrected chi connectivity index (χ2v) is 10.4. The zero-order valence-corrected chi connectivity index (χ0v) is 21.6. The summed E-state index contributed by atoms with van der Waals surface area (Å²) in [4.78, 5) is 39.9. The molecular weight excluding hydrogens is 470 g/mol. The smallest absolute Gasteiger partial charge is 0.311 e. The van der Waals surface area contributed by atoms with Crippen molar-refractivity contribution in [2.45, 2.75) is 76.8 Å². The number of rotatable bonds is 9. The predicted octanol–water partition coefficient (Wildman–Crippen LogP) is 5.31. The molecule has 1 heterocycles. The van der Waals surface area contributed by atoms with E-state index < -0.39 is 22.3 Å². The van der Waals surface area contributed by atoms with Crippen LogP contribution in [0.25, 0.3) is 0 Å². The number of ether oxygens (including phenoxy) is 1. The molecule has 1 aliphatic heterocycles. The van der Waals surface area contributed by atoms with Crippen LogP contribution >= 0.6 is 0 Å². The molecule has 2 aliphatic rings. The molecular formula is C29H37N3O5. The molecule has 2 atom stereocenters. The number of esters is 1. The third kappa shape index (κ3) is 6.01. The molecule has 1 aliphatic carbocycles. The van der Waals surface area contributed by atoms with Gasteiger partial charge in [0.15, 0.2) is 0 Å². The molecule has 0 radical (unpaired) electrons. The van der Waals surface area contributed by atoms with Gasteiger partial charge in [0.05, 0.1) is 24.0 Å². The molecule has 37 heavy (non-hydrogen) atoms. The number of aryl methyl sites for hydroxylation is 1. The molecule has 1 amide bonds. The fourth-order valence-corrected chi connectivity index (χ4v) is 5.89. The molecule has 0 spiro atoms. The van der Waals surface area contributed by atoms with Gasteiger partial charge in [-0.2, -0.15) is 0 Å². The highest BCUT2D eigenvalue weighted by molar-refractivity contribution is 6.04. The Balaban J connectivity index is 1.66. The van der Waals surface area contributed by atoms with Crippen LogP contribution in [0.5, 0.6) is 0 Å². The van der Waals surface area contributed by atoms with Gasteiger partial charge >= 0.3 is 5.97 Å². The number of non-ortho nitro benzene ring substituents is 1. The highest BCUT2D eigenvalue weighted by Gasteiger charge is 2.50. The molecule has 0 saturated heterocycles. The summed E-state index contributed by atoms with van der Waals surface area (Å²) >= 11 is 0. The summed E-state index contributed by atoms with van der Waals surface area (Å²) in [5.74, 6) is -0.910. The van der Waals surface area contributed by atoms with Gasteiger partial charge in [-0.3, -0.25) is 19.7 Å². The number of nitro benzene ring substituents is 1. The van der Waals surface area contributed by atoms with Crippen molar-refractivity contribution < 1.29 is 19.2 Å². The van der Waals surface area contributed by atoms with Gasteiger partial charge in [0, 0.05) is 17.8 Å². The van der Waals surface area contributed by atoms with Crippen LogP contribution in [0.2, 0.25) is 0 Å². The Kier molecular flexibility index (Phi) is 8.59. The average molecular weight is 508 g/mol. The van der Waals surface area contributed by atoms with E-state index in [1.54, 1.807) is 24.0 Å². The number of amides is 1. The lowest BCUT2D eigenvalue weighted by Crippen LogP contribution is -2.61. The van der Waals surface area contributed by atoms with E-state index >= 15 is 0 Å². The van der Waals surface area contributed by atoms with Crippen LogP contribution in [-0.2, 0) is 27.3 Å². The van der Waals surface area contributed by atoms with Crippen molar-refractivity contribution in [3.05, 3.63) is 69.8 Å². The number of nitrogens with zero attached hydrogens (tertiary/aromatic N) is 2. The lowest BCUT2D eigenvalue weighted by Gasteiger charge is -2.38. The predicted molar refractivity (Wildman–Crippen MR) is 142 cm³/mol. The molecule has 0 bridgehead atoms. The fraction of sp³-hybridized carbons (Fsp3) is 0.517. The number of anilines is 1. The summed E-state index contributed by atoms with van der Waals surface area (Å²) in [5, 5.41) is 11.1. The summed E-state index contributed by atoms with van der Waals surface area (Å²) in [6.45, 7) is 2.20. The summed E-state index contributed by atoms with van der Waals surface area (Å²) in [7, 11) is 0. The summed E-state index contributed by atoms with van der Waals surface area (Å²) < 4.78 is 5.46. The lowest BCUT2D eigenvalue weighted by atomic mass is 9.74. The summed E-state index contributed by atoms with van der Waals surface area (Å²) in [6, 6.07) is 13.9. The van der Waals surface area contributed by atoms with Gasteiger partial charge in [-0.25, -0.2) is 0 Å². The Morgan fingerprint density at radius 1 is 1.16 bits per heavy atom. The second-order valence-electron chi connectivity index (χ2n) is 10.4. The van der Waals surface area contributed by atoms with Crippen LogP contribution in [0.1, 0.15) is 69.4 Å². The lowest BCUT2D eigenvalue weighted by molar-refractivity contribution is -0.384. The summed E-state index contributed by atoms with van der Waals surface area (Å²) in [5.41, 5.74) is 8.06. The van der Waals surface area contributed by atoms with Crippen molar-refractivity contribution >= 4 is 23.3 Å². The van der Waals surface area contributed by atoms with E-state index in [2.05, 4.69) is 0 Å². The molecule has 8 nitrogen and oxygen atoms in total. The van der Waals surface area contributed by atoms with Gasteiger partial charge in [0.1, 0.15) is 5.54 Å². The Morgan fingerprint density at radius 3 is 2.54 bits per heavy atom. The van der Waals surface area contributed by atoms with Gasteiger partial charge in [0.2, 0.25) is 5.91 Å². The normalized spacial score (nSPS) is 21.1. The number of nitrogens with two attached hydrogens (primary N) is 1. The second kappa shape index (κ2) is 11.9. The molecule has 4 rings (SSSR count). The highest BCUT2D eigenvalue weighted by Crippen LogP contribution is 2.38. The monoisotopic (exact) mass is 507 g/mol. The SMILES string of the molecule is CCOC(=O)[C@@H](CCC1CCCCC1)[C@]1(N)CCc2ccccc2N(Cc2ccc([N+](=O)[O-])cc2)C1=O. The number of benzene rings is 2. The van der Waals surface area contributed by atoms with E-state index in [-0.39, 0.29) is 24.7 Å². The van der Waals surface area contributed by atoms with E-state index in [1.165, 1.54) is 31.4 Å². The number of carbonyl (C=O) groups is 2. The van der Waals surface area contributed by atoms with Gasteiger partial charge in [-0.15, -0.1) is 0 Å². The van der Waals surface area contributed by atoms with Crippen molar-refractivity contribution in [1.29, 1.82) is 0 Å². The highest BCUT2D eigenvalue weighted by atomic mass is 16.6. The van der Waals surface area contributed by atoms with E-state index in [0.717, 1.165) is 36.1 Å². The van der Waals surface area contributed by atoms with Crippen LogP contribution < -0.4 is 10.6 Å². The molecule has 1 fully saturated rings. The maximum Gasteiger partial charge on any atom is 0.311 e. The van der Waals surface area contributed by atoms with E-state index in [4.69, 9.17) is 10.5 Å². The van der Waals surface area contributed by atoms with Crippen LogP contribution in [0, 0.1) is 22.0 Å². The molecule has 1 saturated carbocycles. The zero-order chi connectivity index (χ0) is 26.4. The molecule has 2 aromatic carbocycles. The minimum absolute atomic E-state index is 0.00963. The average Bonchev–Trinajstić information content (AvgIpc) is 3.01.